The van der Waals surface area contributed by atoms with Crippen LogP contribution < -0.4 is 5.32 Å². The molecular weight excluding hydrogens is 294 g/mol. The highest BCUT2D eigenvalue weighted by Gasteiger charge is 2.23. The quantitative estimate of drug-likeness (QED) is 0.482. The van der Waals surface area contributed by atoms with Crippen molar-refractivity contribution in [1.82, 2.24) is 5.32 Å². The number of carboxylic acids is 1. The molecule has 1 rings (SSSR count). The fourth-order valence-corrected chi connectivity index (χ4v) is 1.68. The molecule has 2 N–H and O–H groups in total. The molecule has 1 aromatic carbocycles. The molecule has 1 amide bonds. The molecule has 0 saturated heterocycles. The summed E-state index contributed by atoms with van der Waals surface area (Å²) in [6, 6.07) is 0.251. The van der Waals surface area contributed by atoms with E-state index in [4.69, 9.17) is 5.11 Å². The van der Waals surface area contributed by atoms with Crippen LogP contribution in [0.3, 0.4) is 0 Å². The monoisotopic (exact) mass is 307 g/mol. The van der Waals surface area contributed by atoms with Gasteiger partial charge in [-0.3, -0.25) is 9.59 Å². The average molecular weight is 307 g/mol. The highest BCUT2D eigenvalue weighted by molar-refractivity contribution is 5.94. The zero-order valence-electron chi connectivity index (χ0n) is 11.1. The lowest BCUT2D eigenvalue weighted by Crippen LogP contribution is -2.31. The number of carboxylic acid groups (broad SMARTS) is 1. The first-order chi connectivity index (χ1) is 9.77. The standard InChI is InChI=1S/C13H13F4NO3/c1-2-6(3-9(19)20)5-18-13(21)7-4-8(14)11(16)12(17)10(7)15/h4,6H,2-3,5H2,1H3,(H,18,21)(H,19,20). The number of halogens is 4. The van der Waals surface area contributed by atoms with Gasteiger partial charge in [0.25, 0.3) is 5.91 Å². The van der Waals surface area contributed by atoms with Gasteiger partial charge >= 0.3 is 5.97 Å². The summed E-state index contributed by atoms with van der Waals surface area (Å²) >= 11 is 0. The molecule has 0 fully saturated rings. The Morgan fingerprint density at radius 2 is 1.81 bits per heavy atom. The fourth-order valence-electron chi connectivity index (χ4n) is 1.68. The van der Waals surface area contributed by atoms with Crippen molar-refractivity contribution >= 4 is 11.9 Å². The third-order valence-electron chi connectivity index (χ3n) is 2.94. The minimum absolute atomic E-state index is 0.109. The number of hydrogen-bond acceptors (Lipinski definition) is 2. The van der Waals surface area contributed by atoms with Gasteiger partial charge in [0, 0.05) is 13.0 Å². The summed E-state index contributed by atoms with van der Waals surface area (Å²) in [4.78, 5) is 22.2. The van der Waals surface area contributed by atoms with Crippen LogP contribution in [0.25, 0.3) is 0 Å². The van der Waals surface area contributed by atoms with Gasteiger partial charge in [-0.05, 0) is 12.0 Å². The van der Waals surface area contributed by atoms with Crippen molar-refractivity contribution in [2.75, 3.05) is 6.54 Å². The molecule has 0 saturated carbocycles. The van der Waals surface area contributed by atoms with E-state index < -0.39 is 46.6 Å². The molecule has 8 heteroatoms. The molecule has 1 atom stereocenters. The number of hydrogen-bond donors (Lipinski definition) is 2. The molecule has 0 bridgehead atoms. The van der Waals surface area contributed by atoms with E-state index in [2.05, 4.69) is 5.32 Å². The zero-order valence-corrected chi connectivity index (χ0v) is 11.1. The second-order valence-corrected chi connectivity index (χ2v) is 4.43. The Labute approximate surface area is 117 Å². The summed E-state index contributed by atoms with van der Waals surface area (Å²) in [5.74, 6) is -10.2. The predicted octanol–water partition coefficient (Wildman–Crippen LogP) is 2.47. The van der Waals surface area contributed by atoms with Crippen LogP contribution in [0.1, 0.15) is 30.1 Å². The number of benzene rings is 1. The normalized spacial score (nSPS) is 12.0. The molecule has 0 aliphatic carbocycles. The second kappa shape index (κ2) is 7.05. The van der Waals surface area contributed by atoms with E-state index in [1.165, 1.54) is 0 Å². The molecule has 0 aliphatic rings. The SMILES string of the molecule is CCC(CNC(=O)c1cc(F)c(F)c(F)c1F)CC(=O)O. The maximum atomic E-state index is 13.4. The largest absolute Gasteiger partial charge is 0.481 e. The minimum atomic E-state index is -2.07. The summed E-state index contributed by atoms with van der Waals surface area (Å²) in [6.45, 7) is 1.58. The fraction of sp³-hybridized carbons (Fsp3) is 0.385. The third-order valence-corrected chi connectivity index (χ3v) is 2.94. The Bertz CT molecular complexity index is 563. The molecule has 0 aliphatic heterocycles. The van der Waals surface area contributed by atoms with Crippen LogP contribution in [0.4, 0.5) is 17.6 Å². The highest BCUT2D eigenvalue weighted by atomic mass is 19.2. The van der Waals surface area contributed by atoms with Gasteiger partial charge in [-0.15, -0.1) is 0 Å². The van der Waals surface area contributed by atoms with Gasteiger partial charge in [-0.2, -0.15) is 0 Å². The van der Waals surface area contributed by atoms with E-state index in [1.54, 1.807) is 6.92 Å². The van der Waals surface area contributed by atoms with Crippen LogP contribution in [0.2, 0.25) is 0 Å². The van der Waals surface area contributed by atoms with Crippen molar-refractivity contribution in [3.8, 4) is 0 Å². The van der Waals surface area contributed by atoms with E-state index in [0.29, 0.717) is 6.42 Å². The Balaban J connectivity index is 2.83. The maximum Gasteiger partial charge on any atom is 0.303 e. The van der Waals surface area contributed by atoms with Gasteiger partial charge in [0.05, 0.1) is 5.56 Å². The highest BCUT2D eigenvalue weighted by Crippen LogP contribution is 2.18. The van der Waals surface area contributed by atoms with Crippen LogP contribution >= 0.6 is 0 Å². The summed E-state index contributed by atoms with van der Waals surface area (Å²) < 4.78 is 52.1. The molecule has 21 heavy (non-hydrogen) atoms. The zero-order chi connectivity index (χ0) is 16.2. The maximum absolute atomic E-state index is 13.4. The second-order valence-electron chi connectivity index (χ2n) is 4.43. The summed E-state index contributed by atoms with van der Waals surface area (Å²) in [7, 11) is 0. The van der Waals surface area contributed by atoms with E-state index >= 15 is 0 Å². The molecule has 0 heterocycles. The van der Waals surface area contributed by atoms with Gasteiger partial charge in [-0.1, -0.05) is 13.3 Å². The topological polar surface area (TPSA) is 66.4 Å². The van der Waals surface area contributed by atoms with Crippen molar-refractivity contribution in [3.63, 3.8) is 0 Å². The molecule has 116 valence electrons. The molecule has 1 aromatic rings. The number of rotatable bonds is 6. The van der Waals surface area contributed by atoms with Gasteiger partial charge in [0.1, 0.15) is 0 Å². The number of carbonyl (C=O) groups is 2. The molecule has 0 radical (unpaired) electrons. The van der Waals surface area contributed by atoms with Crippen molar-refractivity contribution in [1.29, 1.82) is 0 Å². The van der Waals surface area contributed by atoms with E-state index in [1.807, 2.05) is 0 Å². The van der Waals surface area contributed by atoms with Gasteiger partial charge in [0.15, 0.2) is 23.3 Å². The van der Waals surface area contributed by atoms with Crippen LogP contribution in [0, 0.1) is 29.2 Å². The molecule has 0 aromatic heterocycles. The smallest absolute Gasteiger partial charge is 0.303 e. The predicted molar refractivity (Wildman–Crippen MR) is 64.6 cm³/mol. The molecule has 1 unspecified atom stereocenters. The summed E-state index contributed by atoms with van der Waals surface area (Å²) in [5, 5.41) is 10.8. The number of aliphatic carboxylic acids is 1. The molecule has 4 nitrogen and oxygen atoms in total. The van der Waals surface area contributed by atoms with E-state index in [9.17, 15) is 27.2 Å². The first-order valence-corrected chi connectivity index (χ1v) is 6.10. The van der Waals surface area contributed by atoms with Crippen molar-refractivity contribution < 1.29 is 32.3 Å². The van der Waals surface area contributed by atoms with Gasteiger partial charge < -0.3 is 10.4 Å². The summed E-state index contributed by atoms with van der Waals surface area (Å²) in [5.41, 5.74) is -0.975. The number of nitrogens with one attached hydrogen (secondary N) is 1. The average Bonchev–Trinajstić information content (AvgIpc) is 2.44. The minimum Gasteiger partial charge on any atom is -0.481 e. The number of carbonyl (C=O) groups excluding carboxylic acids is 1. The lowest BCUT2D eigenvalue weighted by molar-refractivity contribution is -0.138. The molecular formula is C13H13F4NO3. The van der Waals surface area contributed by atoms with Crippen molar-refractivity contribution in [2.24, 2.45) is 5.92 Å². The molecule has 0 spiro atoms. The Hall–Kier alpha value is -2.12. The van der Waals surface area contributed by atoms with Crippen LogP contribution in [-0.2, 0) is 4.79 Å². The summed E-state index contributed by atoms with van der Waals surface area (Å²) in [6.07, 6.45) is 0.215. The van der Waals surface area contributed by atoms with Gasteiger partial charge in [0.2, 0.25) is 0 Å². The Morgan fingerprint density at radius 1 is 1.19 bits per heavy atom. The lowest BCUT2D eigenvalue weighted by Gasteiger charge is -2.14. The van der Waals surface area contributed by atoms with Crippen molar-refractivity contribution in [3.05, 3.63) is 34.9 Å². The lowest BCUT2D eigenvalue weighted by atomic mass is 10.0. The van der Waals surface area contributed by atoms with Crippen LogP contribution in [0.5, 0.6) is 0 Å². The first kappa shape index (κ1) is 16.9. The van der Waals surface area contributed by atoms with E-state index in [-0.39, 0.29) is 19.0 Å². The Kier molecular flexibility index (Phi) is 5.69. The van der Waals surface area contributed by atoms with E-state index in [0.717, 1.165) is 0 Å². The number of amides is 1. The first-order valence-electron chi connectivity index (χ1n) is 6.10. The van der Waals surface area contributed by atoms with Crippen molar-refractivity contribution in [2.45, 2.75) is 19.8 Å². The Morgan fingerprint density at radius 3 is 2.33 bits per heavy atom. The van der Waals surface area contributed by atoms with Crippen LogP contribution in [0.15, 0.2) is 6.07 Å². The van der Waals surface area contributed by atoms with Gasteiger partial charge in [-0.25, -0.2) is 17.6 Å². The third kappa shape index (κ3) is 4.17. The van der Waals surface area contributed by atoms with Crippen LogP contribution in [-0.4, -0.2) is 23.5 Å².